The summed E-state index contributed by atoms with van der Waals surface area (Å²) in [6, 6.07) is 0.921. The molecule has 1 aliphatic heterocycles. The van der Waals surface area contributed by atoms with Crippen molar-refractivity contribution in [2.24, 2.45) is 0 Å². The Morgan fingerprint density at radius 1 is 1.45 bits per heavy atom. The SMILES string of the molecule is CC1CN(CC(=O)NCCC2=CCCCC2)C(C)CN1. The van der Waals surface area contributed by atoms with Gasteiger partial charge in [0.15, 0.2) is 0 Å². The van der Waals surface area contributed by atoms with Gasteiger partial charge in [0, 0.05) is 31.7 Å². The Morgan fingerprint density at radius 2 is 2.30 bits per heavy atom. The van der Waals surface area contributed by atoms with Crippen LogP contribution in [0.3, 0.4) is 0 Å². The molecule has 2 unspecified atom stereocenters. The second-order valence-electron chi connectivity index (χ2n) is 6.30. The van der Waals surface area contributed by atoms with E-state index in [9.17, 15) is 4.79 Å². The average molecular weight is 279 g/mol. The summed E-state index contributed by atoms with van der Waals surface area (Å²) < 4.78 is 0. The fourth-order valence-electron chi connectivity index (χ4n) is 3.05. The number of nitrogens with one attached hydrogen (secondary N) is 2. The summed E-state index contributed by atoms with van der Waals surface area (Å²) >= 11 is 0. The Labute approximate surface area is 123 Å². The molecule has 2 aliphatic rings. The molecular weight excluding hydrogens is 250 g/mol. The maximum absolute atomic E-state index is 12.0. The van der Waals surface area contributed by atoms with Crippen LogP contribution in [0.2, 0.25) is 0 Å². The monoisotopic (exact) mass is 279 g/mol. The molecule has 2 N–H and O–H groups in total. The van der Waals surface area contributed by atoms with E-state index >= 15 is 0 Å². The average Bonchev–Trinajstić information content (AvgIpc) is 2.44. The van der Waals surface area contributed by atoms with Gasteiger partial charge in [0.05, 0.1) is 6.54 Å². The van der Waals surface area contributed by atoms with Crippen molar-refractivity contribution in [3.05, 3.63) is 11.6 Å². The van der Waals surface area contributed by atoms with Crippen LogP contribution in [-0.2, 0) is 4.79 Å². The number of amides is 1. The van der Waals surface area contributed by atoms with E-state index in [1.54, 1.807) is 0 Å². The first-order valence-electron chi connectivity index (χ1n) is 8.07. The molecule has 2 rings (SSSR count). The van der Waals surface area contributed by atoms with Gasteiger partial charge in [0.1, 0.15) is 0 Å². The highest BCUT2D eigenvalue weighted by molar-refractivity contribution is 5.78. The van der Waals surface area contributed by atoms with E-state index in [4.69, 9.17) is 0 Å². The molecule has 1 amide bonds. The second kappa shape index (κ2) is 7.79. The van der Waals surface area contributed by atoms with Crippen LogP contribution >= 0.6 is 0 Å². The topological polar surface area (TPSA) is 44.4 Å². The molecule has 0 aromatic carbocycles. The molecule has 1 heterocycles. The molecule has 1 aliphatic carbocycles. The number of carbonyl (C=O) groups excluding carboxylic acids is 1. The molecule has 0 aromatic rings. The minimum Gasteiger partial charge on any atom is -0.355 e. The van der Waals surface area contributed by atoms with Gasteiger partial charge >= 0.3 is 0 Å². The molecule has 1 saturated heterocycles. The minimum atomic E-state index is 0.169. The van der Waals surface area contributed by atoms with Gasteiger partial charge in [-0.2, -0.15) is 0 Å². The fourth-order valence-corrected chi connectivity index (χ4v) is 3.05. The molecule has 4 heteroatoms. The van der Waals surface area contributed by atoms with Crippen LogP contribution in [0.5, 0.6) is 0 Å². The number of piperazine rings is 1. The summed E-state index contributed by atoms with van der Waals surface area (Å²) in [5.74, 6) is 0.169. The highest BCUT2D eigenvalue weighted by Crippen LogP contribution is 2.19. The lowest BCUT2D eigenvalue weighted by Gasteiger charge is -2.36. The van der Waals surface area contributed by atoms with Gasteiger partial charge in [-0.15, -0.1) is 0 Å². The van der Waals surface area contributed by atoms with Crippen LogP contribution in [0.1, 0.15) is 46.0 Å². The first kappa shape index (κ1) is 15.5. The predicted molar refractivity (Wildman–Crippen MR) is 82.7 cm³/mol. The Balaban J connectivity index is 1.65. The normalized spacial score (nSPS) is 28.0. The lowest BCUT2D eigenvalue weighted by molar-refractivity contribution is -0.123. The molecule has 1 fully saturated rings. The zero-order valence-corrected chi connectivity index (χ0v) is 13.0. The van der Waals surface area contributed by atoms with Gasteiger partial charge in [-0.3, -0.25) is 9.69 Å². The molecule has 4 nitrogen and oxygen atoms in total. The van der Waals surface area contributed by atoms with Crippen LogP contribution in [0, 0.1) is 0 Å². The standard InChI is InChI=1S/C16H29N3O/c1-13-11-19(14(2)10-18-13)12-16(20)17-9-8-15-6-4-3-5-7-15/h6,13-14,18H,3-5,7-12H2,1-2H3,(H,17,20). The van der Waals surface area contributed by atoms with Crippen molar-refractivity contribution in [2.45, 2.75) is 58.0 Å². The smallest absolute Gasteiger partial charge is 0.234 e. The number of rotatable bonds is 5. The molecule has 20 heavy (non-hydrogen) atoms. The highest BCUT2D eigenvalue weighted by Gasteiger charge is 2.23. The van der Waals surface area contributed by atoms with Crippen LogP contribution in [0.25, 0.3) is 0 Å². The third-order valence-corrected chi connectivity index (χ3v) is 4.39. The summed E-state index contributed by atoms with van der Waals surface area (Å²) in [5, 5.41) is 6.51. The summed E-state index contributed by atoms with van der Waals surface area (Å²) in [5.41, 5.74) is 1.53. The molecule has 2 atom stereocenters. The van der Waals surface area contributed by atoms with Crippen LogP contribution in [0.4, 0.5) is 0 Å². The van der Waals surface area contributed by atoms with Crippen LogP contribution in [0.15, 0.2) is 11.6 Å². The Morgan fingerprint density at radius 3 is 3.05 bits per heavy atom. The first-order valence-corrected chi connectivity index (χ1v) is 8.07. The van der Waals surface area contributed by atoms with E-state index in [2.05, 4.69) is 35.5 Å². The van der Waals surface area contributed by atoms with Crippen molar-refractivity contribution in [1.82, 2.24) is 15.5 Å². The lowest BCUT2D eigenvalue weighted by atomic mass is 9.97. The van der Waals surface area contributed by atoms with Crippen LogP contribution in [-0.4, -0.2) is 49.1 Å². The van der Waals surface area contributed by atoms with E-state index in [0.29, 0.717) is 18.6 Å². The van der Waals surface area contributed by atoms with E-state index < -0.39 is 0 Å². The number of hydrogen-bond acceptors (Lipinski definition) is 3. The number of allylic oxidation sites excluding steroid dienone is 1. The van der Waals surface area contributed by atoms with Gasteiger partial charge in [-0.1, -0.05) is 11.6 Å². The zero-order chi connectivity index (χ0) is 14.4. The van der Waals surface area contributed by atoms with Crippen molar-refractivity contribution in [3.8, 4) is 0 Å². The van der Waals surface area contributed by atoms with E-state index in [1.807, 2.05) is 0 Å². The Hall–Kier alpha value is -0.870. The van der Waals surface area contributed by atoms with Gasteiger partial charge in [-0.05, 0) is 46.0 Å². The van der Waals surface area contributed by atoms with Crippen molar-refractivity contribution >= 4 is 5.91 Å². The summed E-state index contributed by atoms with van der Waals surface area (Å²) in [4.78, 5) is 14.3. The zero-order valence-electron chi connectivity index (χ0n) is 13.0. The van der Waals surface area contributed by atoms with E-state index in [-0.39, 0.29) is 5.91 Å². The molecule has 0 saturated carbocycles. The summed E-state index contributed by atoms with van der Waals surface area (Å²) in [6.07, 6.45) is 8.47. The quantitative estimate of drug-likeness (QED) is 0.753. The third kappa shape index (κ3) is 4.91. The molecule has 0 spiro atoms. The van der Waals surface area contributed by atoms with Gasteiger partial charge in [0.2, 0.25) is 5.91 Å². The Bertz CT molecular complexity index is 354. The molecule has 0 aromatic heterocycles. The minimum absolute atomic E-state index is 0.169. The maximum atomic E-state index is 12.0. The Kier molecular flexibility index (Phi) is 6.05. The molecule has 114 valence electrons. The van der Waals surface area contributed by atoms with Crippen molar-refractivity contribution in [3.63, 3.8) is 0 Å². The lowest BCUT2D eigenvalue weighted by Crippen LogP contribution is -2.56. The largest absolute Gasteiger partial charge is 0.355 e. The van der Waals surface area contributed by atoms with E-state index in [0.717, 1.165) is 26.1 Å². The molecule has 0 bridgehead atoms. The summed E-state index contributed by atoms with van der Waals surface area (Å²) in [6.45, 7) is 7.61. The van der Waals surface area contributed by atoms with Gasteiger partial charge < -0.3 is 10.6 Å². The summed E-state index contributed by atoms with van der Waals surface area (Å²) in [7, 11) is 0. The molecular formula is C16H29N3O. The first-order chi connectivity index (χ1) is 9.65. The highest BCUT2D eigenvalue weighted by atomic mass is 16.2. The van der Waals surface area contributed by atoms with Crippen molar-refractivity contribution in [1.29, 1.82) is 0 Å². The van der Waals surface area contributed by atoms with Gasteiger partial charge in [0.25, 0.3) is 0 Å². The second-order valence-corrected chi connectivity index (χ2v) is 6.30. The fraction of sp³-hybridized carbons (Fsp3) is 0.812. The number of nitrogens with zero attached hydrogens (tertiary/aromatic N) is 1. The number of hydrogen-bond donors (Lipinski definition) is 2. The third-order valence-electron chi connectivity index (χ3n) is 4.39. The van der Waals surface area contributed by atoms with E-state index in [1.165, 1.54) is 31.3 Å². The maximum Gasteiger partial charge on any atom is 0.234 e. The predicted octanol–water partition coefficient (Wildman–Crippen LogP) is 1.68. The van der Waals surface area contributed by atoms with Gasteiger partial charge in [-0.25, -0.2) is 0 Å². The molecule has 0 radical (unpaired) electrons. The van der Waals surface area contributed by atoms with Crippen molar-refractivity contribution in [2.75, 3.05) is 26.2 Å². The van der Waals surface area contributed by atoms with Crippen molar-refractivity contribution < 1.29 is 4.79 Å². The number of carbonyl (C=O) groups is 1. The van der Waals surface area contributed by atoms with Crippen LogP contribution < -0.4 is 10.6 Å².